The molecule has 29 heavy (non-hydrogen) atoms. The number of anilines is 2. The molecule has 0 aliphatic carbocycles. The summed E-state index contributed by atoms with van der Waals surface area (Å²) in [5.41, 5.74) is 0.825. The van der Waals surface area contributed by atoms with Crippen molar-refractivity contribution in [3.05, 3.63) is 82.0 Å². The van der Waals surface area contributed by atoms with Gasteiger partial charge in [0.05, 0.1) is 23.1 Å². The minimum atomic E-state index is -0.732. The van der Waals surface area contributed by atoms with Gasteiger partial charge in [0.1, 0.15) is 10.8 Å². The van der Waals surface area contributed by atoms with Crippen molar-refractivity contribution in [2.75, 3.05) is 17.7 Å². The van der Waals surface area contributed by atoms with Crippen molar-refractivity contribution >= 4 is 39.8 Å². The Morgan fingerprint density at radius 1 is 0.931 bits per heavy atom. The van der Waals surface area contributed by atoms with Gasteiger partial charge < -0.3 is 15.4 Å². The summed E-state index contributed by atoms with van der Waals surface area (Å²) in [4.78, 5) is 37.7. The van der Waals surface area contributed by atoms with Crippen molar-refractivity contribution in [2.24, 2.45) is 0 Å². The van der Waals surface area contributed by atoms with Crippen molar-refractivity contribution in [1.29, 1.82) is 0 Å². The number of carbonyl (C=O) groups is 3. The van der Waals surface area contributed by atoms with E-state index >= 15 is 0 Å². The minimum Gasteiger partial charge on any atom is -0.465 e. The molecule has 148 valence electrons. The van der Waals surface area contributed by atoms with E-state index in [1.54, 1.807) is 31.2 Å². The fourth-order valence-corrected chi connectivity index (χ4v) is 3.78. The third-order valence-electron chi connectivity index (χ3n) is 4.12. The first-order valence-corrected chi connectivity index (χ1v) is 9.38. The molecule has 8 heteroatoms. The van der Waals surface area contributed by atoms with Crippen LogP contribution in [0.25, 0.3) is 0 Å². The molecular formula is C21H17FN2O4S. The Hall–Kier alpha value is -3.52. The number of hydrogen-bond donors (Lipinski definition) is 2. The highest BCUT2D eigenvalue weighted by molar-refractivity contribution is 7.19. The molecule has 0 saturated carbocycles. The van der Waals surface area contributed by atoms with Gasteiger partial charge in [0.25, 0.3) is 11.8 Å². The molecule has 1 aromatic heterocycles. The molecule has 2 aromatic carbocycles. The number of nitrogens with one attached hydrogen (secondary N) is 2. The molecule has 0 aliphatic rings. The Morgan fingerprint density at radius 3 is 2.24 bits per heavy atom. The topological polar surface area (TPSA) is 84.5 Å². The summed E-state index contributed by atoms with van der Waals surface area (Å²) in [7, 11) is 1.20. The Kier molecular flexibility index (Phi) is 6.04. The molecule has 0 atom stereocenters. The molecule has 0 aliphatic heterocycles. The molecular weight excluding hydrogens is 395 g/mol. The average Bonchev–Trinajstić information content (AvgIpc) is 3.04. The van der Waals surface area contributed by atoms with E-state index in [1.165, 1.54) is 25.3 Å². The zero-order valence-electron chi connectivity index (χ0n) is 15.6. The van der Waals surface area contributed by atoms with Gasteiger partial charge in [-0.15, -0.1) is 11.3 Å². The number of hydrogen-bond acceptors (Lipinski definition) is 5. The van der Waals surface area contributed by atoms with Crippen molar-refractivity contribution < 1.29 is 23.5 Å². The zero-order chi connectivity index (χ0) is 21.0. The highest BCUT2D eigenvalue weighted by Gasteiger charge is 2.27. The number of thiophene rings is 1. The SMILES string of the molecule is COC(=O)c1c(NC(=O)c2ccccc2F)sc(C(=O)Nc2ccccc2)c1C. The lowest BCUT2D eigenvalue weighted by atomic mass is 10.1. The van der Waals surface area contributed by atoms with E-state index in [0.29, 0.717) is 11.3 Å². The van der Waals surface area contributed by atoms with Gasteiger partial charge in [-0.25, -0.2) is 9.18 Å². The fraction of sp³-hybridized carbons (Fsp3) is 0.0952. The maximum absolute atomic E-state index is 13.9. The summed E-state index contributed by atoms with van der Waals surface area (Å²) in [5, 5.41) is 5.37. The van der Waals surface area contributed by atoms with Crippen LogP contribution in [0.3, 0.4) is 0 Å². The van der Waals surface area contributed by atoms with Crippen LogP contribution >= 0.6 is 11.3 Å². The first-order valence-electron chi connectivity index (χ1n) is 8.56. The maximum Gasteiger partial charge on any atom is 0.341 e. The van der Waals surface area contributed by atoms with Crippen LogP contribution in [0.5, 0.6) is 0 Å². The summed E-state index contributed by atoms with van der Waals surface area (Å²) in [6.07, 6.45) is 0. The van der Waals surface area contributed by atoms with E-state index in [-0.39, 0.29) is 21.0 Å². The summed E-state index contributed by atoms with van der Waals surface area (Å²) < 4.78 is 18.7. The lowest BCUT2D eigenvalue weighted by Gasteiger charge is -2.06. The van der Waals surface area contributed by atoms with Crippen LogP contribution in [0.4, 0.5) is 15.1 Å². The minimum absolute atomic E-state index is 0.0559. The number of carbonyl (C=O) groups excluding carboxylic acids is 3. The molecule has 2 amide bonds. The Labute approximate surface area is 170 Å². The van der Waals surface area contributed by atoms with E-state index in [2.05, 4.69) is 10.6 Å². The Bertz CT molecular complexity index is 1080. The van der Waals surface area contributed by atoms with Gasteiger partial charge in [-0.2, -0.15) is 0 Å². The molecule has 0 bridgehead atoms. The molecule has 0 saturated heterocycles. The van der Waals surface area contributed by atoms with E-state index in [0.717, 1.165) is 17.4 Å². The third kappa shape index (κ3) is 4.33. The van der Waals surface area contributed by atoms with Crippen molar-refractivity contribution in [3.8, 4) is 0 Å². The van der Waals surface area contributed by atoms with Crippen LogP contribution in [0, 0.1) is 12.7 Å². The number of amides is 2. The molecule has 0 unspecified atom stereocenters. The van der Waals surface area contributed by atoms with E-state index in [9.17, 15) is 18.8 Å². The summed E-state index contributed by atoms with van der Waals surface area (Å²) in [5.74, 6) is -2.57. The second kappa shape index (κ2) is 8.66. The van der Waals surface area contributed by atoms with E-state index in [4.69, 9.17) is 4.74 Å². The third-order valence-corrected chi connectivity index (χ3v) is 5.33. The van der Waals surface area contributed by atoms with Gasteiger partial charge in [0, 0.05) is 5.69 Å². The summed E-state index contributed by atoms with van der Waals surface area (Å²) in [6.45, 7) is 1.58. The van der Waals surface area contributed by atoms with Crippen molar-refractivity contribution in [2.45, 2.75) is 6.92 Å². The van der Waals surface area contributed by atoms with Gasteiger partial charge in [-0.05, 0) is 36.8 Å². The van der Waals surface area contributed by atoms with Crippen LogP contribution in [0.2, 0.25) is 0 Å². The van der Waals surface area contributed by atoms with Gasteiger partial charge in [0.2, 0.25) is 0 Å². The van der Waals surface area contributed by atoms with Crippen molar-refractivity contribution in [3.63, 3.8) is 0 Å². The summed E-state index contributed by atoms with van der Waals surface area (Å²) in [6, 6.07) is 14.3. The fourth-order valence-electron chi connectivity index (χ4n) is 2.69. The van der Waals surface area contributed by atoms with E-state index < -0.39 is 23.6 Å². The van der Waals surface area contributed by atoms with Gasteiger partial charge in [-0.3, -0.25) is 9.59 Å². The number of para-hydroxylation sites is 1. The molecule has 0 radical (unpaired) electrons. The number of esters is 1. The standard InChI is InChI=1S/C21H17FN2O4S/c1-12-16(21(27)28-2)20(24-18(25)14-10-6-7-11-15(14)22)29-17(12)19(26)23-13-8-4-3-5-9-13/h3-11H,1-2H3,(H,23,26)(H,24,25). The highest BCUT2D eigenvalue weighted by atomic mass is 32.1. The van der Waals surface area contributed by atoms with Crippen molar-refractivity contribution in [1.82, 2.24) is 0 Å². The second-order valence-corrected chi connectivity index (χ2v) is 7.03. The smallest absolute Gasteiger partial charge is 0.341 e. The predicted octanol–water partition coefficient (Wildman–Crippen LogP) is 4.49. The first-order chi connectivity index (χ1) is 13.9. The first kappa shape index (κ1) is 20.2. The van der Waals surface area contributed by atoms with Gasteiger partial charge in [-0.1, -0.05) is 30.3 Å². The van der Waals surface area contributed by atoms with Gasteiger partial charge in [0.15, 0.2) is 0 Å². The number of ether oxygens (including phenoxy) is 1. The molecule has 3 aromatic rings. The Morgan fingerprint density at radius 2 is 1.59 bits per heavy atom. The zero-order valence-corrected chi connectivity index (χ0v) is 16.4. The lowest BCUT2D eigenvalue weighted by molar-refractivity contribution is 0.0601. The normalized spacial score (nSPS) is 10.3. The number of methoxy groups -OCH3 is 1. The van der Waals surface area contributed by atoms with Crippen LogP contribution in [0.1, 0.15) is 36.0 Å². The highest BCUT2D eigenvalue weighted by Crippen LogP contribution is 2.34. The Balaban J connectivity index is 1.95. The average molecular weight is 412 g/mol. The monoisotopic (exact) mass is 412 g/mol. The number of rotatable bonds is 5. The number of halogens is 1. The molecule has 0 spiro atoms. The quantitative estimate of drug-likeness (QED) is 0.605. The van der Waals surface area contributed by atoms with Crippen LogP contribution in [0.15, 0.2) is 54.6 Å². The van der Waals surface area contributed by atoms with Crippen LogP contribution in [-0.2, 0) is 4.74 Å². The predicted molar refractivity (Wildman–Crippen MR) is 109 cm³/mol. The molecule has 3 rings (SSSR count). The summed E-state index contributed by atoms with van der Waals surface area (Å²) >= 11 is 0.919. The molecule has 1 heterocycles. The molecule has 6 nitrogen and oxygen atoms in total. The largest absolute Gasteiger partial charge is 0.465 e. The molecule has 0 fully saturated rings. The lowest BCUT2D eigenvalue weighted by Crippen LogP contribution is -2.15. The number of benzene rings is 2. The maximum atomic E-state index is 13.9. The van der Waals surface area contributed by atoms with Gasteiger partial charge >= 0.3 is 5.97 Å². The molecule has 2 N–H and O–H groups in total. The second-order valence-electron chi connectivity index (χ2n) is 6.01. The van der Waals surface area contributed by atoms with E-state index in [1.807, 2.05) is 6.07 Å². The van der Waals surface area contributed by atoms with Crippen LogP contribution in [-0.4, -0.2) is 24.9 Å². The van der Waals surface area contributed by atoms with Crippen LogP contribution < -0.4 is 10.6 Å².